The summed E-state index contributed by atoms with van der Waals surface area (Å²) < 4.78 is 7.18. The monoisotopic (exact) mass is 341 g/mol. The highest BCUT2D eigenvalue weighted by Crippen LogP contribution is 2.28. The second-order valence-corrected chi connectivity index (χ2v) is 6.39. The molecule has 3 rings (SSSR count). The predicted molar refractivity (Wildman–Crippen MR) is 94.6 cm³/mol. The van der Waals surface area contributed by atoms with Crippen LogP contribution >= 0.6 is 11.3 Å². The second kappa shape index (κ2) is 6.88. The number of imidazole rings is 1. The van der Waals surface area contributed by atoms with Crippen molar-refractivity contribution >= 4 is 17.2 Å². The summed E-state index contributed by atoms with van der Waals surface area (Å²) in [6, 6.07) is 9.46. The van der Waals surface area contributed by atoms with Gasteiger partial charge in [-0.25, -0.2) is 4.98 Å². The molecule has 124 valence electrons. The van der Waals surface area contributed by atoms with Crippen LogP contribution in [0.2, 0.25) is 0 Å². The third-order valence-corrected chi connectivity index (χ3v) is 4.84. The largest absolute Gasteiger partial charge is 0.495 e. The molecular weight excluding hydrogens is 322 g/mol. The van der Waals surface area contributed by atoms with Gasteiger partial charge >= 0.3 is 0 Å². The van der Waals surface area contributed by atoms with Crippen LogP contribution in [0.5, 0.6) is 5.75 Å². The van der Waals surface area contributed by atoms with E-state index < -0.39 is 0 Å². The van der Waals surface area contributed by atoms with E-state index in [4.69, 9.17) is 4.74 Å². The molecular formula is C18H19N3O2S. The Morgan fingerprint density at radius 3 is 2.79 bits per heavy atom. The molecule has 3 aromatic rings. The number of thiophene rings is 1. The van der Waals surface area contributed by atoms with Crippen molar-refractivity contribution in [2.75, 3.05) is 7.11 Å². The van der Waals surface area contributed by atoms with E-state index in [1.807, 2.05) is 54.4 Å². The zero-order valence-corrected chi connectivity index (χ0v) is 14.6. The summed E-state index contributed by atoms with van der Waals surface area (Å²) in [6.07, 6.45) is 3.61. The second-order valence-electron chi connectivity index (χ2n) is 5.48. The summed E-state index contributed by atoms with van der Waals surface area (Å²) in [7, 11) is 3.49. The minimum Gasteiger partial charge on any atom is -0.495 e. The molecule has 2 heterocycles. The van der Waals surface area contributed by atoms with Gasteiger partial charge in [0.25, 0.3) is 5.91 Å². The van der Waals surface area contributed by atoms with E-state index in [1.54, 1.807) is 19.4 Å². The molecule has 0 saturated heterocycles. The molecule has 1 aromatic carbocycles. The molecule has 1 unspecified atom stereocenters. The highest BCUT2D eigenvalue weighted by Gasteiger charge is 2.24. The molecule has 0 saturated carbocycles. The quantitative estimate of drug-likeness (QED) is 0.774. The molecule has 0 bridgehead atoms. The maximum absolute atomic E-state index is 12.8. The first-order valence-electron chi connectivity index (χ1n) is 7.57. The van der Waals surface area contributed by atoms with Gasteiger partial charge in [0, 0.05) is 19.4 Å². The van der Waals surface area contributed by atoms with Crippen molar-refractivity contribution in [3.05, 3.63) is 69.9 Å². The lowest BCUT2D eigenvalue weighted by Crippen LogP contribution is -2.31. The van der Waals surface area contributed by atoms with Gasteiger partial charge in [-0.1, -0.05) is 24.3 Å². The molecule has 2 aromatic heterocycles. The Morgan fingerprint density at radius 1 is 1.33 bits per heavy atom. The van der Waals surface area contributed by atoms with Crippen molar-refractivity contribution in [2.45, 2.75) is 13.0 Å². The molecule has 0 aliphatic rings. The number of nitrogens with zero attached hydrogens (tertiary/aromatic N) is 2. The van der Waals surface area contributed by atoms with Gasteiger partial charge in [-0.15, -0.1) is 11.3 Å². The third kappa shape index (κ3) is 3.05. The van der Waals surface area contributed by atoms with Crippen LogP contribution in [0.4, 0.5) is 0 Å². The zero-order valence-electron chi connectivity index (χ0n) is 13.8. The Bertz CT molecular complexity index is 853. The minimum atomic E-state index is -0.328. The average molecular weight is 341 g/mol. The van der Waals surface area contributed by atoms with Crippen molar-refractivity contribution in [2.24, 2.45) is 7.05 Å². The summed E-state index contributed by atoms with van der Waals surface area (Å²) in [5.41, 5.74) is 2.12. The van der Waals surface area contributed by atoms with E-state index in [1.165, 1.54) is 11.3 Å². The predicted octanol–water partition coefficient (Wildman–Crippen LogP) is 3.32. The number of ether oxygens (including phenoxy) is 1. The fraction of sp³-hybridized carbons (Fsp3) is 0.222. The van der Waals surface area contributed by atoms with Crippen LogP contribution in [0.1, 0.15) is 32.7 Å². The topological polar surface area (TPSA) is 56.1 Å². The lowest BCUT2D eigenvalue weighted by Gasteiger charge is -2.21. The fourth-order valence-electron chi connectivity index (χ4n) is 2.67. The number of hydrogen-bond acceptors (Lipinski definition) is 4. The highest BCUT2D eigenvalue weighted by atomic mass is 32.1. The molecule has 24 heavy (non-hydrogen) atoms. The number of rotatable bonds is 5. The molecule has 0 radical (unpaired) electrons. The number of hydrogen-bond donors (Lipinski definition) is 1. The maximum atomic E-state index is 12.8. The van der Waals surface area contributed by atoms with Crippen LogP contribution in [0.15, 0.2) is 48.1 Å². The van der Waals surface area contributed by atoms with E-state index in [2.05, 4.69) is 10.3 Å². The van der Waals surface area contributed by atoms with Gasteiger partial charge < -0.3 is 14.6 Å². The molecule has 0 fully saturated rings. The summed E-state index contributed by atoms with van der Waals surface area (Å²) in [5, 5.41) is 4.95. The first kappa shape index (κ1) is 16.3. The minimum absolute atomic E-state index is 0.168. The maximum Gasteiger partial charge on any atom is 0.266 e. The van der Waals surface area contributed by atoms with E-state index in [9.17, 15) is 4.79 Å². The smallest absolute Gasteiger partial charge is 0.266 e. The first-order chi connectivity index (χ1) is 11.6. The Kier molecular flexibility index (Phi) is 4.66. The van der Waals surface area contributed by atoms with Gasteiger partial charge in [0.05, 0.1) is 7.11 Å². The van der Waals surface area contributed by atoms with Crippen molar-refractivity contribution < 1.29 is 9.53 Å². The molecule has 0 aliphatic carbocycles. The number of methoxy groups -OCH3 is 1. The van der Waals surface area contributed by atoms with E-state index >= 15 is 0 Å². The van der Waals surface area contributed by atoms with Crippen molar-refractivity contribution in [3.8, 4) is 5.75 Å². The zero-order chi connectivity index (χ0) is 17.1. The van der Waals surface area contributed by atoms with Crippen molar-refractivity contribution in [3.63, 3.8) is 0 Å². The molecule has 6 heteroatoms. The molecule has 1 amide bonds. The van der Waals surface area contributed by atoms with Crippen molar-refractivity contribution in [1.29, 1.82) is 0 Å². The summed E-state index contributed by atoms with van der Waals surface area (Å²) >= 11 is 1.36. The third-order valence-electron chi connectivity index (χ3n) is 3.95. The average Bonchev–Trinajstić information content (AvgIpc) is 3.22. The first-order valence-corrected chi connectivity index (χ1v) is 8.45. The number of aryl methyl sites for hydroxylation is 2. The summed E-state index contributed by atoms with van der Waals surface area (Å²) in [4.78, 5) is 17.8. The summed E-state index contributed by atoms with van der Waals surface area (Å²) in [5.74, 6) is 1.20. The molecule has 1 N–H and O–H groups in total. The van der Waals surface area contributed by atoms with Gasteiger partial charge in [0.2, 0.25) is 0 Å². The molecule has 0 spiro atoms. The van der Waals surface area contributed by atoms with E-state index in [-0.39, 0.29) is 11.9 Å². The molecule has 5 nitrogen and oxygen atoms in total. The number of carbonyl (C=O) groups excluding carboxylic acids is 1. The number of aromatic nitrogens is 2. The van der Waals surface area contributed by atoms with Crippen LogP contribution in [-0.2, 0) is 7.05 Å². The Morgan fingerprint density at radius 2 is 2.12 bits per heavy atom. The van der Waals surface area contributed by atoms with Gasteiger partial charge in [0.15, 0.2) is 0 Å². The lowest BCUT2D eigenvalue weighted by molar-refractivity contribution is 0.0942. The van der Waals surface area contributed by atoms with Gasteiger partial charge in [0.1, 0.15) is 22.5 Å². The van der Waals surface area contributed by atoms with Crippen LogP contribution in [-0.4, -0.2) is 22.6 Å². The van der Waals surface area contributed by atoms with Gasteiger partial charge in [-0.3, -0.25) is 4.79 Å². The lowest BCUT2D eigenvalue weighted by atomic mass is 10.0. The normalized spacial score (nSPS) is 12.0. The van der Waals surface area contributed by atoms with Crippen molar-refractivity contribution in [1.82, 2.24) is 14.9 Å². The number of benzene rings is 1. The number of nitrogens with one attached hydrogen (secondary N) is 1. The highest BCUT2D eigenvalue weighted by molar-refractivity contribution is 7.12. The SMILES string of the molecule is COc1ccsc1C(=O)NC(c1ccccc1C)c1nccn1C. The van der Waals surface area contributed by atoms with E-state index in [0.29, 0.717) is 10.6 Å². The number of carbonyl (C=O) groups is 1. The Balaban J connectivity index is 1.99. The van der Waals surface area contributed by atoms with E-state index in [0.717, 1.165) is 17.0 Å². The van der Waals surface area contributed by atoms with Gasteiger partial charge in [-0.2, -0.15) is 0 Å². The number of amides is 1. The Labute approximate surface area is 144 Å². The standard InChI is InChI=1S/C18H19N3O2S/c1-12-6-4-5-7-13(12)15(17-19-9-10-21(17)2)20-18(22)16-14(23-3)8-11-24-16/h4-11,15H,1-3H3,(H,20,22). The van der Waals surface area contributed by atoms with Gasteiger partial charge in [-0.05, 0) is 29.5 Å². The van der Waals surface area contributed by atoms with Crippen LogP contribution in [0, 0.1) is 6.92 Å². The van der Waals surface area contributed by atoms with Crippen LogP contribution in [0.25, 0.3) is 0 Å². The molecule has 1 atom stereocenters. The van der Waals surface area contributed by atoms with Crippen LogP contribution < -0.4 is 10.1 Å². The molecule has 0 aliphatic heterocycles. The van der Waals surface area contributed by atoms with Crippen LogP contribution in [0.3, 0.4) is 0 Å². The Hall–Kier alpha value is -2.60. The fourth-order valence-corrected chi connectivity index (χ4v) is 3.43. The summed E-state index contributed by atoms with van der Waals surface area (Å²) in [6.45, 7) is 2.03.